The van der Waals surface area contributed by atoms with Gasteiger partial charge in [0, 0.05) is 13.1 Å². The monoisotopic (exact) mass is 456 g/mol. The van der Waals surface area contributed by atoms with E-state index in [-0.39, 0.29) is 18.0 Å². The van der Waals surface area contributed by atoms with Crippen LogP contribution in [0.5, 0.6) is 11.5 Å². The Kier molecular flexibility index (Phi) is 7.74. The summed E-state index contributed by atoms with van der Waals surface area (Å²) < 4.78 is 30.7. The Morgan fingerprint density at radius 2 is 1.75 bits per heavy atom. The van der Waals surface area contributed by atoms with Gasteiger partial charge in [-0.1, -0.05) is 48.0 Å². The third-order valence-electron chi connectivity index (χ3n) is 4.79. The number of aliphatic hydroxyl groups is 1. The molecule has 32 heavy (non-hydrogen) atoms. The summed E-state index contributed by atoms with van der Waals surface area (Å²) in [7, 11) is -3.54. The quantitative estimate of drug-likeness (QED) is 0.275. The molecule has 3 aromatic carbocycles. The van der Waals surface area contributed by atoms with Crippen LogP contribution in [0.15, 0.2) is 66.7 Å². The van der Waals surface area contributed by atoms with Crippen LogP contribution in [-0.4, -0.2) is 44.6 Å². The molecule has 4 N–H and O–H groups in total. The Morgan fingerprint density at radius 3 is 2.44 bits per heavy atom. The topological polar surface area (TPSA) is 108 Å². The molecule has 3 aromatic rings. The van der Waals surface area contributed by atoms with Gasteiger partial charge in [-0.15, -0.1) is 0 Å². The lowest BCUT2D eigenvalue weighted by molar-refractivity contribution is 0.172. The first-order valence-electron chi connectivity index (χ1n) is 10.2. The zero-order chi connectivity index (χ0) is 23.1. The molecule has 0 spiro atoms. The predicted molar refractivity (Wildman–Crippen MR) is 127 cm³/mol. The highest BCUT2D eigenvalue weighted by Crippen LogP contribution is 2.27. The normalized spacial score (nSPS) is 12.3. The van der Waals surface area contributed by atoms with Crippen LogP contribution in [-0.2, 0) is 10.0 Å². The highest BCUT2D eigenvalue weighted by atomic mass is 32.2. The number of aromatic hydroxyl groups is 1. The van der Waals surface area contributed by atoms with Crippen molar-refractivity contribution in [2.45, 2.75) is 13.0 Å². The zero-order valence-electron chi connectivity index (χ0n) is 18.1. The second-order valence-electron chi connectivity index (χ2n) is 7.61. The van der Waals surface area contributed by atoms with Crippen LogP contribution in [0.3, 0.4) is 0 Å². The molecule has 8 heteroatoms. The van der Waals surface area contributed by atoms with Crippen LogP contribution in [0.25, 0.3) is 11.1 Å². The molecule has 0 heterocycles. The summed E-state index contributed by atoms with van der Waals surface area (Å²) >= 11 is 0. The molecule has 0 aliphatic rings. The van der Waals surface area contributed by atoms with E-state index < -0.39 is 16.1 Å². The van der Waals surface area contributed by atoms with Gasteiger partial charge in [0.15, 0.2) is 0 Å². The summed E-state index contributed by atoms with van der Waals surface area (Å²) in [6.45, 7) is 3.26. The molecule has 0 aromatic heterocycles. The summed E-state index contributed by atoms with van der Waals surface area (Å²) in [5.74, 6) is 0.555. The lowest BCUT2D eigenvalue weighted by Gasteiger charge is -2.15. The van der Waals surface area contributed by atoms with Gasteiger partial charge in [0.05, 0.1) is 18.0 Å². The SMILES string of the molecule is Cc1cccc(-c2ccc(OCCNC[C@H](O)c3ccc(O)c(NS(C)(=O)=O)c3)cc2)c1. The lowest BCUT2D eigenvalue weighted by atomic mass is 10.0. The number of sulfonamides is 1. The fraction of sp³-hybridized carbons (Fsp3) is 0.250. The number of hydrogen-bond acceptors (Lipinski definition) is 6. The number of aryl methyl sites for hydroxylation is 1. The molecule has 1 atom stereocenters. The molecule has 7 nitrogen and oxygen atoms in total. The smallest absolute Gasteiger partial charge is 0.229 e. The molecule has 0 saturated carbocycles. The zero-order valence-corrected chi connectivity index (χ0v) is 18.9. The Balaban J connectivity index is 1.45. The van der Waals surface area contributed by atoms with E-state index in [1.54, 1.807) is 6.07 Å². The second kappa shape index (κ2) is 10.5. The third-order valence-corrected chi connectivity index (χ3v) is 5.38. The van der Waals surface area contributed by atoms with Crippen LogP contribution >= 0.6 is 0 Å². The van der Waals surface area contributed by atoms with Gasteiger partial charge in [-0.25, -0.2) is 8.42 Å². The van der Waals surface area contributed by atoms with Gasteiger partial charge >= 0.3 is 0 Å². The van der Waals surface area contributed by atoms with Crippen LogP contribution in [0, 0.1) is 6.92 Å². The molecule has 3 rings (SSSR count). The van der Waals surface area contributed by atoms with Gasteiger partial charge in [-0.05, 0) is 47.9 Å². The van der Waals surface area contributed by atoms with Crippen molar-refractivity contribution in [2.75, 3.05) is 30.7 Å². The van der Waals surface area contributed by atoms with Crippen LogP contribution in [0.1, 0.15) is 17.2 Å². The minimum atomic E-state index is -3.54. The first-order valence-corrected chi connectivity index (χ1v) is 12.1. The number of aliphatic hydroxyl groups excluding tert-OH is 1. The van der Waals surface area contributed by atoms with Crippen molar-refractivity contribution < 1.29 is 23.4 Å². The molecule has 0 saturated heterocycles. The van der Waals surface area contributed by atoms with E-state index >= 15 is 0 Å². The fourth-order valence-corrected chi connectivity index (χ4v) is 3.77. The van der Waals surface area contributed by atoms with E-state index in [1.807, 2.05) is 30.3 Å². The van der Waals surface area contributed by atoms with E-state index in [0.717, 1.165) is 23.1 Å². The van der Waals surface area contributed by atoms with Crippen molar-refractivity contribution in [1.29, 1.82) is 0 Å². The highest BCUT2D eigenvalue weighted by Gasteiger charge is 2.12. The summed E-state index contributed by atoms with van der Waals surface area (Å²) in [4.78, 5) is 0. The van der Waals surface area contributed by atoms with E-state index in [1.165, 1.54) is 17.7 Å². The molecule has 170 valence electrons. The van der Waals surface area contributed by atoms with Gasteiger partial charge in [0.2, 0.25) is 10.0 Å². The molecular weight excluding hydrogens is 428 g/mol. The average molecular weight is 457 g/mol. The third kappa shape index (κ3) is 6.98. The maximum atomic E-state index is 11.4. The molecule has 0 radical (unpaired) electrons. The summed E-state index contributed by atoms with van der Waals surface area (Å²) in [5.41, 5.74) is 4.01. The lowest BCUT2D eigenvalue weighted by Crippen LogP contribution is -2.26. The minimum Gasteiger partial charge on any atom is -0.506 e. The number of hydrogen-bond donors (Lipinski definition) is 4. The Labute approximate surface area is 188 Å². The largest absolute Gasteiger partial charge is 0.506 e. The summed E-state index contributed by atoms with van der Waals surface area (Å²) in [6.07, 6.45) is 0.122. The molecule has 0 amide bonds. The molecule has 0 unspecified atom stereocenters. The van der Waals surface area contributed by atoms with Gasteiger partial charge in [0.1, 0.15) is 18.1 Å². The molecule has 0 bridgehead atoms. The predicted octanol–water partition coefficient (Wildman–Crippen LogP) is 3.44. The minimum absolute atomic E-state index is 0.0292. The van der Waals surface area contributed by atoms with Gasteiger partial charge < -0.3 is 20.3 Å². The van der Waals surface area contributed by atoms with Crippen molar-refractivity contribution in [3.63, 3.8) is 0 Å². The first kappa shape index (κ1) is 23.6. The van der Waals surface area contributed by atoms with E-state index in [0.29, 0.717) is 18.7 Å². The van der Waals surface area contributed by atoms with Gasteiger partial charge in [-0.3, -0.25) is 4.72 Å². The fourth-order valence-electron chi connectivity index (χ4n) is 3.21. The maximum Gasteiger partial charge on any atom is 0.229 e. The Morgan fingerprint density at radius 1 is 1.00 bits per heavy atom. The number of rotatable bonds is 10. The van der Waals surface area contributed by atoms with Crippen molar-refractivity contribution in [1.82, 2.24) is 5.32 Å². The van der Waals surface area contributed by atoms with Crippen LogP contribution in [0.2, 0.25) is 0 Å². The molecule has 0 aliphatic carbocycles. The maximum absolute atomic E-state index is 11.4. The van der Waals surface area contributed by atoms with E-state index in [2.05, 4.69) is 35.2 Å². The van der Waals surface area contributed by atoms with E-state index in [9.17, 15) is 18.6 Å². The molecule has 0 aliphatic heterocycles. The number of ether oxygens (including phenoxy) is 1. The van der Waals surface area contributed by atoms with Crippen molar-refractivity contribution >= 4 is 15.7 Å². The number of anilines is 1. The number of benzene rings is 3. The van der Waals surface area contributed by atoms with Gasteiger partial charge in [0.25, 0.3) is 0 Å². The van der Waals surface area contributed by atoms with Gasteiger partial charge in [-0.2, -0.15) is 0 Å². The number of nitrogens with one attached hydrogen (secondary N) is 2. The molecule has 0 fully saturated rings. The van der Waals surface area contributed by atoms with Crippen molar-refractivity contribution in [3.05, 3.63) is 77.9 Å². The first-order chi connectivity index (χ1) is 15.2. The highest BCUT2D eigenvalue weighted by molar-refractivity contribution is 7.92. The Hall–Kier alpha value is -3.07. The van der Waals surface area contributed by atoms with Crippen LogP contribution in [0.4, 0.5) is 5.69 Å². The van der Waals surface area contributed by atoms with Crippen molar-refractivity contribution in [3.8, 4) is 22.6 Å². The summed E-state index contributed by atoms with van der Waals surface area (Å²) in [5, 5.41) is 23.2. The number of phenolic OH excluding ortho intramolecular Hbond substituents is 1. The average Bonchev–Trinajstić information content (AvgIpc) is 2.74. The van der Waals surface area contributed by atoms with Crippen LogP contribution < -0.4 is 14.8 Å². The van der Waals surface area contributed by atoms with Crippen molar-refractivity contribution in [2.24, 2.45) is 0 Å². The second-order valence-corrected chi connectivity index (χ2v) is 9.36. The van der Waals surface area contributed by atoms with E-state index in [4.69, 9.17) is 4.74 Å². The Bertz CT molecular complexity index is 1150. The standard InChI is InChI=1S/C24H28N2O5S/c1-17-4-3-5-19(14-17)18-6-9-21(10-7-18)31-13-12-25-16-24(28)20-8-11-23(27)22(15-20)26-32(2,29)30/h3-11,14-15,24-28H,12-13,16H2,1-2H3/t24-/m0/s1. The number of phenols is 1. The molecular formula is C24H28N2O5S. The summed E-state index contributed by atoms with van der Waals surface area (Å²) in [6, 6.07) is 20.5.